The van der Waals surface area contributed by atoms with Gasteiger partial charge in [-0.2, -0.15) is 0 Å². The largest absolute Gasteiger partial charge is 0.340 e. The van der Waals surface area contributed by atoms with Gasteiger partial charge in [0.2, 0.25) is 0 Å². The Bertz CT molecular complexity index is 1070. The van der Waals surface area contributed by atoms with Crippen LogP contribution in [0, 0.1) is 19.8 Å². The van der Waals surface area contributed by atoms with Gasteiger partial charge in [-0.05, 0) is 68.7 Å². The molecule has 2 atom stereocenters. The van der Waals surface area contributed by atoms with Crippen LogP contribution in [0.1, 0.15) is 42.6 Å². The lowest BCUT2D eigenvalue weighted by Crippen LogP contribution is -2.33. The second-order valence-corrected chi connectivity index (χ2v) is 9.24. The molecule has 9 heteroatoms. The molecule has 5 N–H and O–H groups in total. The summed E-state index contributed by atoms with van der Waals surface area (Å²) in [5, 5.41) is 6.98. The Labute approximate surface area is 194 Å². The number of aryl methyl sites for hydroxylation is 2. The minimum absolute atomic E-state index is 0.403. The minimum atomic E-state index is 0.403. The quantitative estimate of drug-likeness (QED) is 0.495. The van der Waals surface area contributed by atoms with E-state index < -0.39 is 0 Å². The number of hydrazine groups is 1. The summed E-state index contributed by atoms with van der Waals surface area (Å²) >= 11 is 0. The van der Waals surface area contributed by atoms with Gasteiger partial charge in [-0.1, -0.05) is 0 Å². The molecule has 9 nitrogen and oxygen atoms in total. The maximum absolute atomic E-state index is 4.91. The molecule has 0 radical (unpaired) electrons. The number of nitrogens with zero attached hydrogens (tertiary/aromatic N) is 4. The second kappa shape index (κ2) is 9.74. The zero-order chi connectivity index (χ0) is 22.6. The summed E-state index contributed by atoms with van der Waals surface area (Å²) < 4.78 is 0. The summed E-state index contributed by atoms with van der Waals surface area (Å²) in [7, 11) is 0. The first-order valence-electron chi connectivity index (χ1n) is 11.9. The SMILES string of the molecule is Cc1cc2nc(CN=C3NC=NCC4CCC(CN=CNN/C=C\3C3CC3)N4)[nH]c2cc1C. The number of aromatic amines is 1. The predicted octanol–water partition coefficient (Wildman–Crippen LogP) is 2.25. The van der Waals surface area contributed by atoms with Crippen molar-refractivity contribution >= 4 is 29.5 Å². The first-order valence-corrected chi connectivity index (χ1v) is 11.9. The van der Waals surface area contributed by atoms with Crippen LogP contribution in [0.3, 0.4) is 0 Å². The standard InChI is InChI=1S/C24H33N9/c1-15-7-21-22(8-16(15)2)33-23(32-21)12-27-24-20(17-3-4-17)11-29-30-14-26-10-19-6-5-18(31-19)9-25-13-28-24/h7-8,11,13-14,17-19,29,31H,3-6,9-10,12H2,1-2H3,(H,26,30)(H,32,33)(H,25,27,28)/b20-11-. The molecule has 1 aliphatic carbocycles. The highest BCUT2D eigenvalue weighted by molar-refractivity contribution is 6.04. The van der Waals surface area contributed by atoms with E-state index in [2.05, 4.69) is 62.4 Å². The topological polar surface area (TPSA) is 114 Å². The summed E-state index contributed by atoms with van der Waals surface area (Å²) in [6, 6.07) is 5.10. The highest BCUT2D eigenvalue weighted by atomic mass is 15.3. The van der Waals surface area contributed by atoms with E-state index >= 15 is 0 Å². The average Bonchev–Trinajstić information content (AvgIpc) is 3.41. The molecule has 2 unspecified atom stereocenters. The average molecular weight is 448 g/mol. The number of fused-ring (bicyclic) bond motifs is 3. The number of aromatic nitrogens is 2. The lowest BCUT2D eigenvalue weighted by atomic mass is 10.1. The minimum Gasteiger partial charge on any atom is -0.340 e. The summed E-state index contributed by atoms with van der Waals surface area (Å²) in [6.07, 6.45) is 10.1. The van der Waals surface area contributed by atoms with Gasteiger partial charge in [0.05, 0.1) is 37.0 Å². The van der Waals surface area contributed by atoms with Crippen LogP contribution in [0.2, 0.25) is 0 Å². The molecule has 2 aliphatic heterocycles. The highest BCUT2D eigenvalue weighted by Crippen LogP contribution is 2.36. The van der Waals surface area contributed by atoms with Crippen molar-refractivity contribution in [2.45, 2.75) is 58.2 Å². The molecule has 1 saturated carbocycles. The summed E-state index contributed by atoms with van der Waals surface area (Å²) in [5.41, 5.74) is 11.9. The van der Waals surface area contributed by atoms with Crippen LogP contribution in [0.25, 0.3) is 11.0 Å². The number of imidazole rings is 1. The van der Waals surface area contributed by atoms with Crippen LogP contribution < -0.4 is 21.5 Å². The molecule has 2 fully saturated rings. The van der Waals surface area contributed by atoms with E-state index in [0.29, 0.717) is 24.5 Å². The molecule has 1 aromatic heterocycles. The number of hydrogen-bond acceptors (Lipinski definition) is 7. The van der Waals surface area contributed by atoms with Crippen LogP contribution in [-0.2, 0) is 6.54 Å². The maximum Gasteiger partial charge on any atom is 0.131 e. The number of H-pyrrole nitrogens is 1. The van der Waals surface area contributed by atoms with Crippen LogP contribution in [0.5, 0.6) is 0 Å². The third-order valence-electron chi connectivity index (χ3n) is 6.57. The number of nitrogens with one attached hydrogen (secondary N) is 5. The first kappa shape index (κ1) is 21.6. The molecule has 174 valence electrons. The lowest BCUT2D eigenvalue weighted by molar-refractivity contribution is 0.549. The summed E-state index contributed by atoms with van der Waals surface area (Å²) in [4.78, 5) is 22.2. The number of amidine groups is 1. The van der Waals surface area contributed by atoms with Crippen molar-refractivity contribution in [1.29, 1.82) is 0 Å². The van der Waals surface area contributed by atoms with Crippen molar-refractivity contribution in [3.05, 3.63) is 40.9 Å². The summed E-state index contributed by atoms with van der Waals surface area (Å²) in [6.45, 7) is 6.23. The Morgan fingerprint density at radius 3 is 2.48 bits per heavy atom. The Kier molecular flexibility index (Phi) is 6.39. The van der Waals surface area contributed by atoms with Gasteiger partial charge in [0.25, 0.3) is 0 Å². The number of rotatable bonds is 3. The fourth-order valence-corrected chi connectivity index (χ4v) is 4.40. The van der Waals surface area contributed by atoms with E-state index in [1.807, 2.05) is 6.20 Å². The monoisotopic (exact) mass is 447 g/mol. The van der Waals surface area contributed by atoms with Gasteiger partial charge in [-0.15, -0.1) is 0 Å². The maximum atomic E-state index is 4.91. The Morgan fingerprint density at radius 2 is 1.70 bits per heavy atom. The van der Waals surface area contributed by atoms with E-state index in [-0.39, 0.29) is 0 Å². The fourth-order valence-electron chi connectivity index (χ4n) is 4.40. The van der Waals surface area contributed by atoms with Crippen molar-refractivity contribution in [3.63, 3.8) is 0 Å². The summed E-state index contributed by atoms with van der Waals surface area (Å²) in [5.74, 6) is 2.17. The van der Waals surface area contributed by atoms with Gasteiger partial charge in [0, 0.05) is 23.9 Å². The molecule has 5 rings (SSSR count). The fraction of sp³-hybridized carbons (Fsp3) is 0.500. The molecule has 1 aromatic carbocycles. The predicted molar refractivity (Wildman–Crippen MR) is 134 cm³/mol. The highest BCUT2D eigenvalue weighted by Gasteiger charge is 2.29. The first-order chi connectivity index (χ1) is 16.2. The molecule has 3 heterocycles. The molecule has 2 bridgehead atoms. The Balaban J connectivity index is 1.37. The van der Waals surface area contributed by atoms with Crippen molar-refractivity contribution in [3.8, 4) is 0 Å². The third-order valence-corrected chi connectivity index (χ3v) is 6.57. The van der Waals surface area contributed by atoms with Gasteiger partial charge >= 0.3 is 0 Å². The van der Waals surface area contributed by atoms with E-state index in [1.54, 1.807) is 12.7 Å². The number of aliphatic imine (C=N–C) groups is 3. The lowest BCUT2D eigenvalue weighted by Gasteiger charge is -2.12. The number of benzene rings is 1. The van der Waals surface area contributed by atoms with E-state index in [9.17, 15) is 0 Å². The van der Waals surface area contributed by atoms with Gasteiger partial charge in [0.15, 0.2) is 0 Å². The zero-order valence-electron chi connectivity index (χ0n) is 19.4. The van der Waals surface area contributed by atoms with E-state index in [1.165, 1.54) is 11.1 Å². The van der Waals surface area contributed by atoms with Crippen LogP contribution >= 0.6 is 0 Å². The van der Waals surface area contributed by atoms with Gasteiger partial charge in [0.1, 0.15) is 18.0 Å². The Hall–Kier alpha value is -3.20. The normalized spacial score (nSPS) is 26.7. The molecule has 0 amide bonds. The van der Waals surface area contributed by atoms with E-state index in [4.69, 9.17) is 9.98 Å². The van der Waals surface area contributed by atoms with Crippen molar-refractivity contribution in [2.24, 2.45) is 20.9 Å². The van der Waals surface area contributed by atoms with Gasteiger partial charge in [-0.3, -0.25) is 20.4 Å². The molecule has 1 saturated heterocycles. The Morgan fingerprint density at radius 1 is 0.939 bits per heavy atom. The molecule has 0 spiro atoms. The number of hydrogen-bond donors (Lipinski definition) is 5. The third kappa shape index (κ3) is 5.42. The zero-order valence-corrected chi connectivity index (χ0v) is 19.4. The van der Waals surface area contributed by atoms with Crippen LogP contribution in [0.4, 0.5) is 0 Å². The smallest absolute Gasteiger partial charge is 0.131 e. The van der Waals surface area contributed by atoms with Crippen molar-refractivity contribution in [1.82, 2.24) is 31.5 Å². The van der Waals surface area contributed by atoms with Crippen molar-refractivity contribution in [2.75, 3.05) is 13.1 Å². The molecule has 33 heavy (non-hydrogen) atoms. The molecular weight excluding hydrogens is 414 g/mol. The van der Waals surface area contributed by atoms with Crippen LogP contribution in [0.15, 0.2) is 38.9 Å². The second-order valence-electron chi connectivity index (χ2n) is 9.24. The molecule has 2 aromatic rings. The van der Waals surface area contributed by atoms with Gasteiger partial charge < -0.3 is 21.0 Å². The van der Waals surface area contributed by atoms with Crippen molar-refractivity contribution < 1.29 is 0 Å². The van der Waals surface area contributed by atoms with Crippen LogP contribution in [-0.4, -0.2) is 53.7 Å². The molecule has 3 aliphatic rings. The van der Waals surface area contributed by atoms with E-state index in [0.717, 1.165) is 67.0 Å². The molecular formula is C24H33N9. The van der Waals surface area contributed by atoms with Gasteiger partial charge in [-0.25, -0.2) is 4.98 Å².